The molecule has 1 N–H and O–H groups in total. The van der Waals surface area contributed by atoms with Gasteiger partial charge in [0, 0.05) is 4.90 Å². The summed E-state index contributed by atoms with van der Waals surface area (Å²) in [6.07, 6.45) is -2.92. The van der Waals surface area contributed by atoms with Gasteiger partial charge in [0.05, 0.1) is 10.6 Å². The number of rotatable bonds is 3. The number of benzene rings is 1. The average Bonchev–Trinajstić information content (AvgIpc) is 2.25. The number of hydrogen-bond acceptors (Lipinski definition) is 3. The minimum atomic E-state index is -4.30. The van der Waals surface area contributed by atoms with Gasteiger partial charge >= 0.3 is 6.18 Å². The van der Waals surface area contributed by atoms with Gasteiger partial charge in [0.1, 0.15) is 0 Å². The Kier molecular flexibility index (Phi) is 4.49. The Bertz CT molecular complexity index is 384. The molecule has 6 heteroatoms. The highest BCUT2D eigenvalue weighted by molar-refractivity contribution is 8.82. The standard InChI is InChI=1S/C10H8F3NS2/c1-2-9(14)16-15-8-5-3-7(4-6-8)10(11,12)13/h2-6,14H,1H2. The molecule has 0 saturated carbocycles. The second kappa shape index (κ2) is 5.45. The molecule has 1 aromatic carbocycles. The molecule has 0 bridgehead atoms. The van der Waals surface area contributed by atoms with Gasteiger partial charge in [0.25, 0.3) is 0 Å². The van der Waals surface area contributed by atoms with E-state index in [-0.39, 0.29) is 5.04 Å². The Morgan fingerprint density at radius 3 is 2.25 bits per heavy atom. The summed E-state index contributed by atoms with van der Waals surface area (Å²) in [5, 5.41) is 7.54. The van der Waals surface area contributed by atoms with E-state index in [9.17, 15) is 13.2 Å². The Morgan fingerprint density at radius 2 is 1.81 bits per heavy atom. The van der Waals surface area contributed by atoms with Crippen molar-refractivity contribution in [1.29, 1.82) is 5.41 Å². The van der Waals surface area contributed by atoms with Crippen molar-refractivity contribution in [2.24, 2.45) is 0 Å². The highest BCUT2D eigenvalue weighted by atomic mass is 33.1. The van der Waals surface area contributed by atoms with Gasteiger partial charge in [-0.25, -0.2) is 0 Å². The summed E-state index contributed by atoms with van der Waals surface area (Å²) in [4.78, 5) is 0.671. The lowest BCUT2D eigenvalue weighted by molar-refractivity contribution is -0.137. The molecule has 0 amide bonds. The first-order valence-electron chi connectivity index (χ1n) is 4.16. The van der Waals surface area contributed by atoms with Gasteiger partial charge < -0.3 is 0 Å². The van der Waals surface area contributed by atoms with Crippen LogP contribution in [-0.4, -0.2) is 5.04 Å². The molecule has 1 rings (SSSR count). The van der Waals surface area contributed by atoms with E-state index in [4.69, 9.17) is 5.41 Å². The van der Waals surface area contributed by atoms with E-state index in [1.807, 2.05) is 0 Å². The SMILES string of the molecule is C=CC(=N)SSc1ccc(C(F)(F)F)cc1. The fraction of sp³-hybridized carbons (Fsp3) is 0.100. The molecule has 0 unspecified atom stereocenters. The maximum atomic E-state index is 12.2. The predicted molar refractivity (Wildman–Crippen MR) is 62.8 cm³/mol. The number of halogens is 3. The molecular formula is C10H8F3NS2. The molecule has 0 aliphatic heterocycles. The Balaban J connectivity index is 2.65. The lowest BCUT2D eigenvalue weighted by atomic mass is 10.2. The lowest BCUT2D eigenvalue weighted by Crippen LogP contribution is -2.03. The smallest absolute Gasteiger partial charge is 0.293 e. The zero-order valence-corrected chi connectivity index (χ0v) is 9.68. The van der Waals surface area contributed by atoms with Crippen molar-refractivity contribution in [2.75, 3.05) is 0 Å². The molecule has 0 aromatic heterocycles. The zero-order valence-electron chi connectivity index (χ0n) is 8.04. The van der Waals surface area contributed by atoms with Crippen LogP contribution in [0, 0.1) is 5.41 Å². The van der Waals surface area contributed by atoms with E-state index in [0.717, 1.165) is 22.9 Å². The van der Waals surface area contributed by atoms with Crippen LogP contribution in [0.15, 0.2) is 41.8 Å². The monoisotopic (exact) mass is 263 g/mol. The third kappa shape index (κ3) is 3.94. The molecule has 0 atom stereocenters. The van der Waals surface area contributed by atoms with Crippen LogP contribution >= 0.6 is 21.6 Å². The van der Waals surface area contributed by atoms with E-state index < -0.39 is 11.7 Å². The molecule has 86 valence electrons. The van der Waals surface area contributed by atoms with Gasteiger partial charge in [-0.3, -0.25) is 5.41 Å². The zero-order chi connectivity index (χ0) is 12.2. The van der Waals surface area contributed by atoms with Crippen LogP contribution in [0.2, 0.25) is 0 Å². The molecule has 0 spiro atoms. The van der Waals surface area contributed by atoms with Crippen LogP contribution in [0.1, 0.15) is 5.56 Å². The third-order valence-electron chi connectivity index (χ3n) is 1.59. The van der Waals surface area contributed by atoms with Crippen molar-refractivity contribution in [2.45, 2.75) is 11.1 Å². The Hall–Kier alpha value is -0.880. The summed E-state index contributed by atoms with van der Waals surface area (Å²) in [7, 11) is 2.37. The summed E-state index contributed by atoms with van der Waals surface area (Å²) in [6.45, 7) is 3.41. The summed E-state index contributed by atoms with van der Waals surface area (Å²) in [5.41, 5.74) is -0.666. The summed E-state index contributed by atoms with van der Waals surface area (Å²) in [6, 6.07) is 4.83. The molecular weight excluding hydrogens is 255 g/mol. The van der Waals surface area contributed by atoms with Crippen LogP contribution in [-0.2, 0) is 6.18 Å². The predicted octanol–water partition coefficient (Wildman–Crippen LogP) is 4.61. The number of alkyl halides is 3. The minimum Gasteiger partial charge on any atom is -0.293 e. The van der Waals surface area contributed by atoms with Gasteiger partial charge in [0.15, 0.2) is 0 Å². The van der Waals surface area contributed by atoms with E-state index >= 15 is 0 Å². The molecule has 1 nitrogen and oxygen atoms in total. The van der Waals surface area contributed by atoms with Gasteiger partial charge in [0.2, 0.25) is 0 Å². The van der Waals surface area contributed by atoms with Crippen molar-refractivity contribution in [3.05, 3.63) is 42.5 Å². The number of nitrogens with one attached hydrogen (secondary N) is 1. The highest BCUT2D eigenvalue weighted by Crippen LogP contribution is 2.34. The van der Waals surface area contributed by atoms with Gasteiger partial charge in [-0.1, -0.05) is 17.4 Å². The van der Waals surface area contributed by atoms with Gasteiger partial charge in [-0.15, -0.1) is 0 Å². The fourth-order valence-electron chi connectivity index (χ4n) is 0.826. The molecule has 0 saturated heterocycles. The van der Waals surface area contributed by atoms with Crippen molar-refractivity contribution >= 4 is 26.6 Å². The van der Waals surface area contributed by atoms with Crippen molar-refractivity contribution in [3.63, 3.8) is 0 Å². The van der Waals surface area contributed by atoms with Crippen LogP contribution < -0.4 is 0 Å². The summed E-state index contributed by atoms with van der Waals surface area (Å²) < 4.78 is 36.7. The third-order valence-corrected chi connectivity index (χ3v) is 3.85. The van der Waals surface area contributed by atoms with E-state index in [0.29, 0.717) is 4.90 Å². The Morgan fingerprint density at radius 1 is 1.25 bits per heavy atom. The van der Waals surface area contributed by atoms with Gasteiger partial charge in [-0.2, -0.15) is 13.2 Å². The molecule has 0 heterocycles. The van der Waals surface area contributed by atoms with Crippen LogP contribution in [0.4, 0.5) is 13.2 Å². The van der Waals surface area contributed by atoms with Crippen molar-refractivity contribution in [1.82, 2.24) is 0 Å². The lowest BCUT2D eigenvalue weighted by Gasteiger charge is -2.06. The summed E-state index contributed by atoms with van der Waals surface area (Å²) in [5.74, 6) is 0. The van der Waals surface area contributed by atoms with Crippen LogP contribution in [0.25, 0.3) is 0 Å². The van der Waals surface area contributed by atoms with Crippen molar-refractivity contribution < 1.29 is 13.2 Å². The normalized spacial score (nSPS) is 11.2. The largest absolute Gasteiger partial charge is 0.416 e. The molecule has 16 heavy (non-hydrogen) atoms. The summed E-state index contributed by atoms with van der Waals surface area (Å²) >= 11 is 0. The minimum absolute atomic E-state index is 0.268. The average molecular weight is 263 g/mol. The first-order chi connectivity index (χ1) is 7.43. The van der Waals surface area contributed by atoms with E-state index in [2.05, 4.69) is 6.58 Å². The first kappa shape index (κ1) is 13.2. The number of hydrogen-bond donors (Lipinski definition) is 1. The fourth-order valence-corrected chi connectivity index (χ4v) is 2.42. The Labute approximate surface area is 99.0 Å². The maximum absolute atomic E-state index is 12.2. The second-order valence-corrected chi connectivity index (χ2v) is 5.00. The second-order valence-electron chi connectivity index (χ2n) is 2.76. The highest BCUT2D eigenvalue weighted by Gasteiger charge is 2.29. The van der Waals surface area contributed by atoms with Gasteiger partial charge in [-0.05, 0) is 41.1 Å². The van der Waals surface area contributed by atoms with E-state index in [1.165, 1.54) is 29.0 Å². The molecule has 0 aliphatic rings. The molecule has 0 fully saturated rings. The first-order valence-corrected chi connectivity index (χ1v) is 6.31. The van der Waals surface area contributed by atoms with E-state index in [1.54, 1.807) is 0 Å². The molecule has 0 aliphatic carbocycles. The topological polar surface area (TPSA) is 23.9 Å². The maximum Gasteiger partial charge on any atom is 0.416 e. The van der Waals surface area contributed by atoms with Crippen molar-refractivity contribution in [3.8, 4) is 0 Å². The van der Waals surface area contributed by atoms with Crippen LogP contribution in [0.3, 0.4) is 0 Å². The molecule has 0 radical (unpaired) electrons. The quantitative estimate of drug-likeness (QED) is 0.489. The van der Waals surface area contributed by atoms with Crippen LogP contribution in [0.5, 0.6) is 0 Å². The molecule has 1 aromatic rings.